The number of aromatic hydroxyl groups is 1. The number of thiophene rings is 1. The van der Waals surface area contributed by atoms with Crippen LogP contribution in [0.1, 0.15) is 17.4 Å². The summed E-state index contributed by atoms with van der Waals surface area (Å²) in [6.07, 6.45) is 0. The molecule has 0 spiro atoms. The van der Waals surface area contributed by atoms with Crippen molar-refractivity contribution >= 4 is 11.3 Å². The third kappa shape index (κ3) is 3.30. The highest BCUT2D eigenvalue weighted by atomic mass is 32.1. The van der Waals surface area contributed by atoms with Crippen molar-refractivity contribution in [2.75, 3.05) is 13.7 Å². The summed E-state index contributed by atoms with van der Waals surface area (Å²) in [5.74, 6) is 0.590. The lowest BCUT2D eigenvalue weighted by atomic mass is 10.1. The third-order valence-corrected chi connectivity index (χ3v) is 4.26. The molecule has 0 saturated heterocycles. The highest BCUT2D eigenvalue weighted by Gasteiger charge is 2.23. The van der Waals surface area contributed by atoms with E-state index in [1.54, 1.807) is 13.0 Å². The van der Waals surface area contributed by atoms with Crippen LogP contribution in [0.5, 0.6) is 11.5 Å². The number of benzene rings is 1. The Morgan fingerprint density at radius 2 is 2.10 bits per heavy atom. The van der Waals surface area contributed by atoms with Crippen LogP contribution in [0.3, 0.4) is 0 Å². The Labute approximate surface area is 122 Å². The fourth-order valence-electron chi connectivity index (χ4n) is 1.99. The summed E-state index contributed by atoms with van der Waals surface area (Å²) >= 11 is 1.53. The fraction of sp³-hybridized carbons (Fsp3) is 0.333. The molecule has 108 valence electrons. The van der Waals surface area contributed by atoms with Gasteiger partial charge in [0.15, 0.2) is 11.5 Å². The second-order valence-corrected chi connectivity index (χ2v) is 5.77. The highest BCUT2D eigenvalue weighted by molar-refractivity contribution is 7.10. The number of hydrogen-bond acceptors (Lipinski definition) is 5. The van der Waals surface area contributed by atoms with Gasteiger partial charge in [-0.1, -0.05) is 18.2 Å². The van der Waals surface area contributed by atoms with E-state index in [4.69, 9.17) is 4.74 Å². The number of hydrogen-bond donors (Lipinski definition) is 3. The predicted molar refractivity (Wildman–Crippen MR) is 80.3 cm³/mol. The van der Waals surface area contributed by atoms with E-state index in [9.17, 15) is 10.2 Å². The van der Waals surface area contributed by atoms with Crippen molar-refractivity contribution < 1.29 is 14.9 Å². The Kier molecular flexibility index (Phi) is 4.65. The van der Waals surface area contributed by atoms with Crippen LogP contribution in [0.25, 0.3) is 0 Å². The van der Waals surface area contributed by atoms with E-state index in [-0.39, 0.29) is 5.75 Å². The number of phenolic OH excluding ortho intramolecular Hbond substituents is 1. The van der Waals surface area contributed by atoms with Crippen LogP contribution in [-0.4, -0.2) is 23.9 Å². The molecule has 4 nitrogen and oxygen atoms in total. The molecular weight excluding hydrogens is 274 g/mol. The number of methoxy groups -OCH3 is 1. The van der Waals surface area contributed by atoms with Crippen molar-refractivity contribution in [3.05, 3.63) is 46.2 Å². The summed E-state index contributed by atoms with van der Waals surface area (Å²) in [6, 6.07) is 9.19. The lowest BCUT2D eigenvalue weighted by Crippen LogP contribution is -2.34. The second kappa shape index (κ2) is 6.26. The van der Waals surface area contributed by atoms with Crippen LogP contribution >= 0.6 is 11.3 Å². The number of aliphatic hydroxyl groups is 1. The average molecular weight is 293 g/mol. The van der Waals surface area contributed by atoms with Gasteiger partial charge in [-0.2, -0.15) is 0 Å². The van der Waals surface area contributed by atoms with Crippen molar-refractivity contribution in [1.29, 1.82) is 0 Å². The molecule has 1 heterocycles. The SMILES string of the molecule is COc1cccc(CNCC(C)(O)c2cccs2)c1O. The minimum absolute atomic E-state index is 0.137. The molecular formula is C15H19NO3S. The van der Waals surface area contributed by atoms with Gasteiger partial charge in [-0.05, 0) is 24.4 Å². The Balaban J connectivity index is 1.97. The number of para-hydroxylation sites is 1. The number of ether oxygens (including phenoxy) is 1. The number of phenols is 1. The zero-order valence-electron chi connectivity index (χ0n) is 11.6. The van der Waals surface area contributed by atoms with Gasteiger partial charge in [0.25, 0.3) is 0 Å². The quantitative estimate of drug-likeness (QED) is 0.765. The molecule has 0 aliphatic rings. The monoisotopic (exact) mass is 293 g/mol. The molecule has 0 aliphatic heterocycles. The first kappa shape index (κ1) is 14.8. The van der Waals surface area contributed by atoms with Gasteiger partial charge in [0, 0.05) is 23.5 Å². The van der Waals surface area contributed by atoms with Crippen molar-refractivity contribution in [3.8, 4) is 11.5 Å². The molecule has 3 N–H and O–H groups in total. The summed E-state index contributed by atoms with van der Waals surface area (Å²) in [6.45, 7) is 2.64. The van der Waals surface area contributed by atoms with E-state index in [0.29, 0.717) is 18.8 Å². The van der Waals surface area contributed by atoms with Gasteiger partial charge in [-0.3, -0.25) is 0 Å². The Bertz CT molecular complexity index is 552. The lowest BCUT2D eigenvalue weighted by Gasteiger charge is -2.22. The summed E-state index contributed by atoms with van der Waals surface area (Å²) in [5, 5.41) is 25.5. The fourth-order valence-corrected chi connectivity index (χ4v) is 2.77. The van der Waals surface area contributed by atoms with Crippen LogP contribution in [0.2, 0.25) is 0 Å². The van der Waals surface area contributed by atoms with Crippen molar-refractivity contribution in [2.24, 2.45) is 0 Å². The van der Waals surface area contributed by atoms with Gasteiger partial charge >= 0.3 is 0 Å². The van der Waals surface area contributed by atoms with E-state index < -0.39 is 5.60 Å². The van der Waals surface area contributed by atoms with E-state index in [0.717, 1.165) is 10.4 Å². The first-order valence-corrected chi connectivity index (χ1v) is 7.24. The molecule has 1 unspecified atom stereocenters. The molecule has 20 heavy (non-hydrogen) atoms. The third-order valence-electron chi connectivity index (χ3n) is 3.14. The van der Waals surface area contributed by atoms with Gasteiger partial charge in [-0.15, -0.1) is 11.3 Å². The summed E-state index contributed by atoms with van der Waals surface area (Å²) in [4.78, 5) is 0.917. The Hall–Kier alpha value is -1.56. The minimum atomic E-state index is -0.914. The largest absolute Gasteiger partial charge is 0.504 e. The summed E-state index contributed by atoms with van der Waals surface area (Å²) in [5.41, 5.74) is -0.172. The normalized spacial score (nSPS) is 13.9. The van der Waals surface area contributed by atoms with Crippen LogP contribution in [-0.2, 0) is 12.1 Å². The van der Waals surface area contributed by atoms with Crippen LogP contribution < -0.4 is 10.1 Å². The van der Waals surface area contributed by atoms with Gasteiger partial charge in [0.05, 0.1) is 7.11 Å². The first-order chi connectivity index (χ1) is 9.54. The average Bonchev–Trinajstić information content (AvgIpc) is 2.95. The van der Waals surface area contributed by atoms with Gasteiger partial charge in [-0.25, -0.2) is 0 Å². The molecule has 0 radical (unpaired) electrons. The maximum Gasteiger partial charge on any atom is 0.162 e. The van der Waals surface area contributed by atoms with Crippen LogP contribution in [0.4, 0.5) is 0 Å². The molecule has 0 amide bonds. The smallest absolute Gasteiger partial charge is 0.162 e. The van der Waals surface area contributed by atoms with E-state index in [1.165, 1.54) is 18.4 Å². The standard InChI is InChI=1S/C15H19NO3S/c1-15(18,13-7-4-8-20-13)10-16-9-11-5-3-6-12(19-2)14(11)17/h3-8,16-18H,9-10H2,1-2H3. The Morgan fingerprint density at radius 3 is 2.75 bits per heavy atom. The molecule has 2 aromatic rings. The van der Waals surface area contributed by atoms with E-state index >= 15 is 0 Å². The molecule has 0 saturated carbocycles. The van der Waals surface area contributed by atoms with Crippen molar-refractivity contribution in [1.82, 2.24) is 5.32 Å². The summed E-state index contributed by atoms with van der Waals surface area (Å²) < 4.78 is 5.07. The number of rotatable bonds is 6. The van der Waals surface area contributed by atoms with Crippen molar-refractivity contribution in [2.45, 2.75) is 19.1 Å². The van der Waals surface area contributed by atoms with Crippen LogP contribution in [0.15, 0.2) is 35.7 Å². The maximum atomic E-state index is 10.4. The molecule has 0 bridgehead atoms. The first-order valence-electron chi connectivity index (χ1n) is 6.36. The zero-order chi connectivity index (χ0) is 14.6. The van der Waals surface area contributed by atoms with E-state index in [1.807, 2.05) is 29.6 Å². The molecule has 0 fully saturated rings. The minimum Gasteiger partial charge on any atom is -0.504 e. The summed E-state index contributed by atoms with van der Waals surface area (Å²) in [7, 11) is 1.52. The zero-order valence-corrected chi connectivity index (χ0v) is 12.4. The highest BCUT2D eigenvalue weighted by Crippen LogP contribution is 2.29. The molecule has 2 rings (SSSR count). The van der Waals surface area contributed by atoms with Crippen LogP contribution in [0, 0.1) is 0 Å². The number of nitrogens with one attached hydrogen (secondary N) is 1. The van der Waals surface area contributed by atoms with Gasteiger partial charge in [0.1, 0.15) is 5.60 Å². The topological polar surface area (TPSA) is 61.7 Å². The molecule has 5 heteroatoms. The molecule has 1 atom stereocenters. The second-order valence-electron chi connectivity index (χ2n) is 4.82. The van der Waals surface area contributed by atoms with Crippen molar-refractivity contribution in [3.63, 3.8) is 0 Å². The van der Waals surface area contributed by atoms with Gasteiger partial charge in [0.2, 0.25) is 0 Å². The predicted octanol–water partition coefficient (Wildman–Crippen LogP) is 2.46. The Morgan fingerprint density at radius 1 is 1.30 bits per heavy atom. The van der Waals surface area contributed by atoms with Gasteiger partial charge < -0.3 is 20.3 Å². The van der Waals surface area contributed by atoms with E-state index in [2.05, 4.69) is 5.32 Å². The lowest BCUT2D eigenvalue weighted by molar-refractivity contribution is 0.0604. The molecule has 1 aromatic heterocycles. The molecule has 0 aliphatic carbocycles. The maximum absolute atomic E-state index is 10.4. The molecule has 1 aromatic carbocycles.